The Kier molecular flexibility index (Phi) is 3.57. The van der Waals surface area contributed by atoms with Gasteiger partial charge in [-0.3, -0.25) is 13.9 Å². The zero-order valence-electron chi connectivity index (χ0n) is 11.6. The van der Waals surface area contributed by atoms with Crippen LogP contribution in [0.2, 0.25) is 0 Å². The van der Waals surface area contributed by atoms with Crippen molar-refractivity contribution in [1.82, 2.24) is 14.1 Å². The van der Waals surface area contributed by atoms with Gasteiger partial charge in [0.1, 0.15) is 11.5 Å². The number of anilines is 1. The van der Waals surface area contributed by atoms with Gasteiger partial charge in [0.2, 0.25) is 0 Å². The van der Waals surface area contributed by atoms with E-state index in [1.54, 1.807) is 7.05 Å². The summed E-state index contributed by atoms with van der Waals surface area (Å²) in [4.78, 5) is 28.3. The summed E-state index contributed by atoms with van der Waals surface area (Å²) in [7, 11) is 2.96. The van der Waals surface area contributed by atoms with Gasteiger partial charge in [0.15, 0.2) is 5.65 Å². The van der Waals surface area contributed by atoms with Gasteiger partial charge < -0.3 is 5.32 Å². The van der Waals surface area contributed by atoms with Crippen LogP contribution in [0.3, 0.4) is 0 Å². The van der Waals surface area contributed by atoms with Crippen LogP contribution < -0.4 is 16.6 Å². The quantitative estimate of drug-likeness (QED) is 0.869. The van der Waals surface area contributed by atoms with Gasteiger partial charge in [0.05, 0.1) is 11.3 Å². The van der Waals surface area contributed by atoms with E-state index in [-0.39, 0.29) is 11.0 Å². The SMILES string of the molecule is CCCNc1c(C#N)cnc2c1c(=O)n(C)c(=O)n2C. The lowest BCUT2D eigenvalue weighted by Gasteiger charge is -2.12. The molecule has 0 saturated heterocycles. The average molecular weight is 273 g/mol. The second kappa shape index (κ2) is 5.17. The van der Waals surface area contributed by atoms with Crippen molar-refractivity contribution in [3.8, 4) is 6.07 Å². The molecule has 0 fully saturated rings. The largest absolute Gasteiger partial charge is 0.383 e. The first-order valence-corrected chi connectivity index (χ1v) is 6.25. The maximum Gasteiger partial charge on any atom is 0.332 e. The van der Waals surface area contributed by atoms with Gasteiger partial charge in [-0.2, -0.15) is 5.26 Å². The van der Waals surface area contributed by atoms with Crippen LogP contribution in [0.4, 0.5) is 5.69 Å². The fourth-order valence-corrected chi connectivity index (χ4v) is 2.05. The van der Waals surface area contributed by atoms with E-state index < -0.39 is 11.2 Å². The molecule has 2 aromatic rings. The number of hydrogen-bond acceptors (Lipinski definition) is 5. The lowest BCUT2D eigenvalue weighted by molar-refractivity contribution is 0.707. The Hall–Kier alpha value is -2.62. The van der Waals surface area contributed by atoms with E-state index in [1.807, 2.05) is 13.0 Å². The summed E-state index contributed by atoms with van der Waals surface area (Å²) in [5.41, 5.74) is 0.111. The highest BCUT2D eigenvalue weighted by atomic mass is 16.2. The van der Waals surface area contributed by atoms with Crippen LogP contribution >= 0.6 is 0 Å². The molecule has 0 aliphatic heterocycles. The number of rotatable bonds is 3. The zero-order valence-corrected chi connectivity index (χ0v) is 11.6. The first-order valence-electron chi connectivity index (χ1n) is 6.25. The summed E-state index contributed by atoms with van der Waals surface area (Å²) in [5.74, 6) is 0. The van der Waals surface area contributed by atoms with Gasteiger partial charge in [-0.1, -0.05) is 6.92 Å². The standard InChI is InChI=1S/C13H15N5O2/c1-4-5-15-10-8(6-14)7-16-11-9(10)12(19)18(3)13(20)17(11)2/h7H,4-5H2,1-3H3,(H,15,16). The minimum absolute atomic E-state index is 0.266. The molecule has 0 amide bonds. The highest BCUT2D eigenvalue weighted by Gasteiger charge is 2.16. The molecule has 0 saturated carbocycles. The second-order valence-corrected chi connectivity index (χ2v) is 4.49. The lowest BCUT2D eigenvalue weighted by Crippen LogP contribution is -2.37. The number of nitrogens with one attached hydrogen (secondary N) is 1. The summed E-state index contributed by atoms with van der Waals surface area (Å²) in [6.07, 6.45) is 2.22. The third kappa shape index (κ3) is 1.95. The number of pyridine rings is 1. The molecule has 0 spiro atoms. The molecule has 2 heterocycles. The Morgan fingerprint density at radius 3 is 2.65 bits per heavy atom. The van der Waals surface area contributed by atoms with Crippen molar-refractivity contribution in [3.05, 3.63) is 32.6 Å². The Bertz CT molecular complexity index is 826. The fraction of sp³-hybridized carbons (Fsp3) is 0.385. The summed E-state index contributed by atoms with van der Waals surface area (Å²) in [6.45, 7) is 2.61. The molecule has 0 bridgehead atoms. The van der Waals surface area contributed by atoms with E-state index in [1.165, 1.54) is 17.8 Å². The summed E-state index contributed by atoms with van der Waals surface area (Å²) in [6, 6.07) is 2.02. The summed E-state index contributed by atoms with van der Waals surface area (Å²) >= 11 is 0. The Balaban J connectivity index is 2.97. The normalized spacial score (nSPS) is 10.5. The third-order valence-corrected chi connectivity index (χ3v) is 3.14. The van der Waals surface area contributed by atoms with Gasteiger partial charge >= 0.3 is 5.69 Å². The van der Waals surface area contributed by atoms with Crippen LogP contribution in [0.5, 0.6) is 0 Å². The van der Waals surface area contributed by atoms with Crippen molar-refractivity contribution in [2.24, 2.45) is 14.1 Å². The fourth-order valence-electron chi connectivity index (χ4n) is 2.05. The molecule has 20 heavy (non-hydrogen) atoms. The van der Waals surface area contributed by atoms with Gasteiger partial charge in [-0.25, -0.2) is 9.78 Å². The van der Waals surface area contributed by atoms with Crippen LogP contribution in [-0.4, -0.2) is 20.7 Å². The molecular formula is C13H15N5O2. The van der Waals surface area contributed by atoms with E-state index in [4.69, 9.17) is 5.26 Å². The van der Waals surface area contributed by atoms with Gasteiger partial charge in [-0.05, 0) is 6.42 Å². The second-order valence-electron chi connectivity index (χ2n) is 4.49. The number of hydrogen-bond donors (Lipinski definition) is 1. The van der Waals surface area contributed by atoms with E-state index in [0.717, 1.165) is 11.0 Å². The van der Waals surface area contributed by atoms with Crippen molar-refractivity contribution in [3.63, 3.8) is 0 Å². The average Bonchev–Trinajstić information content (AvgIpc) is 2.47. The van der Waals surface area contributed by atoms with Crippen LogP contribution in [0.1, 0.15) is 18.9 Å². The molecule has 0 radical (unpaired) electrons. The topological polar surface area (TPSA) is 92.7 Å². The predicted molar refractivity (Wildman–Crippen MR) is 75.7 cm³/mol. The molecule has 0 aliphatic carbocycles. The number of nitriles is 1. The van der Waals surface area contributed by atoms with Gasteiger partial charge in [0, 0.05) is 26.8 Å². The minimum atomic E-state index is -0.452. The summed E-state index contributed by atoms with van der Waals surface area (Å²) in [5, 5.41) is 12.5. The van der Waals surface area contributed by atoms with E-state index in [2.05, 4.69) is 10.3 Å². The molecule has 1 N–H and O–H groups in total. The molecule has 7 heteroatoms. The Labute approximate surface area is 115 Å². The third-order valence-electron chi connectivity index (χ3n) is 3.14. The number of nitrogens with zero attached hydrogens (tertiary/aromatic N) is 4. The molecule has 2 aromatic heterocycles. The van der Waals surface area contributed by atoms with Gasteiger partial charge in [0.25, 0.3) is 5.56 Å². The number of aromatic nitrogens is 3. The van der Waals surface area contributed by atoms with Crippen LogP contribution in [0.25, 0.3) is 11.0 Å². The number of fused-ring (bicyclic) bond motifs is 1. The highest BCUT2D eigenvalue weighted by Crippen LogP contribution is 2.21. The smallest absolute Gasteiger partial charge is 0.332 e. The van der Waals surface area contributed by atoms with Crippen molar-refractivity contribution < 1.29 is 0 Å². The molecular weight excluding hydrogens is 258 g/mol. The predicted octanol–water partition coefficient (Wildman–Crippen LogP) is 0.326. The highest BCUT2D eigenvalue weighted by molar-refractivity contribution is 5.91. The summed E-state index contributed by atoms with van der Waals surface area (Å²) < 4.78 is 2.32. The molecule has 104 valence electrons. The molecule has 0 aromatic carbocycles. The van der Waals surface area contributed by atoms with E-state index in [0.29, 0.717) is 17.8 Å². The van der Waals surface area contributed by atoms with Crippen LogP contribution in [0, 0.1) is 11.3 Å². The van der Waals surface area contributed by atoms with Gasteiger partial charge in [-0.15, -0.1) is 0 Å². The number of aryl methyl sites for hydroxylation is 1. The monoisotopic (exact) mass is 273 g/mol. The Morgan fingerprint density at radius 1 is 1.35 bits per heavy atom. The van der Waals surface area contributed by atoms with Crippen molar-refractivity contribution in [1.29, 1.82) is 5.26 Å². The van der Waals surface area contributed by atoms with Crippen molar-refractivity contribution in [2.45, 2.75) is 13.3 Å². The molecule has 7 nitrogen and oxygen atoms in total. The molecule has 0 aliphatic rings. The van der Waals surface area contributed by atoms with Crippen molar-refractivity contribution >= 4 is 16.7 Å². The molecule has 0 unspecified atom stereocenters. The van der Waals surface area contributed by atoms with Crippen LogP contribution in [-0.2, 0) is 14.1 Å². The van der Waals surface area contributed by atoms with E-state index >= 15 is 0 Å². The first-order chi connectivity index (χ1) is 9.52. The maximum atomic E-state index is 12.3. The molecule has 0 atom stereocenters. The zero-order chi connectivity index (χ0) is 14.9. The first kappa shape index (κ1) is 13.8. The Morgan fingerprint density at radius 2 is 2.05 bits per heavy atom. The van der Waals surface area contributed by atoms with E-state index in [9.17, 15) is 9.59 Å². The van der Waals surface area contributed by atoms with Crippen LogP contribution in [0.15, 0.2) is 15.8 Å². The minimum Gasteiger partial charge on any atom is -0.383 e. The van der Waals surface area contributed by atoms with Crippen molar-refractivity contribution in [2.75, 3.05) is 11.9 Å². The lowest BCUT2D eigenvalue weighted by atomic mass is 10.2. The maximum absolute atomic E-state index is 12.3. The molecule has 2 rings (SSSR count).